The molecule has 214 valence electrons. The van der Waals surface area contributed by atoms with Gasteiger partial charge in [-0.2, -0.15) is 4.98 Å². The normalized spacial score (nSPS) is 21.3. The van der Waals surface area contributed by atoms with Crippen molar-refractivity contribution in [1.29, 1.82) is 5.41 Å². The maximum absolute atomic E-state index is 9.90. The first-order chi connectivity index (χ1) is 19.0. The Labute approximate surface area is 238 Å². The van der Waals surface area contributed by atoms with E-state index in [9.17, 15) is 5.11 Å². The number of fused-ring (bicyclic) bond motifs is 2. The van der Waals surface area contributed by atoms with Gasteiger partial charge in [0.1, 0.15) is 24.1 Å². The standard InChI is InChI=1S/C23H27ClN6O5.C2H6.H3NS/c1-32-7-6-26-15-5-3-2-4-12(15)14(25)9-27-21-13(24)8-16-22(29-21)30-23(28-16)35-18-11-34-19-17(31)10-33-20(18)19;2*1-2/h2-5,8,17-20,25-26,31H,6-7,9-11H2,1H3,(H2,27,28,29,30);1-2H3;2H,1H2/t17-,18-,19-,20-;;/m1../s1. The number of pyridine rings is 1. The fraction of sp³-hybridized carbons (Fsp3) is 0.480. The summed E-state index contributed by atoms with van der Waals surface area (Å²) in [5, 5.41) is 29.4. The summed E-state index contributed by atoms with van der Waals surface area (Å²) in [6.07, 6.45) is -1.76. The fourth-order valence-corrected chi connectivity index (χ4v) is 4.44. The number of halogens is 1. The number of aromatic amines is 1. The Kier molecular flexibility index (Phi) is 12.1. The lowest BCUT2D eigenvalue weighted by molar-refractivity contribution is 0.00706. The molecule has 4 heterocycles. The summed E-state index contributed by atoms with van der Waals surface area (Å²) >= 11 is 9.47. The Bertz CT molecular complexity index is 1220. The van der Waals surface area contributed by atoms with Gasteiger partial charge in [0, 0.05) is 24.9 Å². The Morgan fingerprint density at radius 3 is 2.72 bits per heavy atom. The molecule has 1 aromatic carbocycles. The van der Waals surface area contributed by atoms with Crippen LogP contribution >= 0.6 is 24.4 Å². The van der Waals surface area contributed by atoms with Crippen LogP contribution < -0.4 is 20.5 Å². The van der Waals surface area contributed by atoms with Gasteiger partial charge in [-0.25, -0.2) is 4.98 Å². The molecule has 0 spiro atoms. The third kappa shape index (κ3) is 7.51. The van der Waals surface area contributed by atoms with Gasteiger partial charge in [0.15, 0.2) is 11.8 Å². The fourth-order valence-electron chi connectivity index (χ4n) is 4.22. The molecule has 14 heteroatoms. The minimum absolute atomic E-state index is 0.219. The molecule has 0 unspecified atom stereocenters. The van der Waals surface area contributed by atoms with E-state index in [4.69, 9.17) is 36.0 Å². The molecule has 0 amide bonds. The molecule has 2 aromatic heterocycles. The van der Waals surface area contributed by atoms with Crippen molar-refractivity contribution in [3.8, 4) is 6.01 Å². The number of nitrogens with zero attached hydrogens (tertiary/aromatic N) is 2. The number of rotatable bonds is 10. The number of hydrogen-bond donors (Lipinski definition) is 7. The van der Waals surface area contributed by atoms with E-state index in [1.54, 1.807) is 13.2 Å². The molecule has 3 aromatic rings. The smallest absolute Gasteiger partial charge is 0.296 e. The number of methoxy groups -OCH3 is 1. The third-order valence-electron chi connectivity index (χ3n) is 5.96. The van der Waals surface area contributed by atoms with Gasteiger partial charge in [0.05, 0.1) is 42.6 Å². The zero-order chi connectivity index (χ0) is 28.4. The van der Waals surface area contributed by atoms with Crippen LogP contribution in [0.5, 0.6) is 6.01 Å². The van der Waals surface area contributed by atoms with Crippen molar-refractivity contribution < 1.29 is 24.1 Å². The second-order valence-electron chi connectivity index (χ2n) is 8.35. The zero-order valence-corrected chi connectivity index (χ0v) is 23.8. The van der Waals surface area contributed by atoms with Gasteiger partial charge >= 0.3 is 0 Å². The van der Waals surface area contributed by atoms with Crippen molar-refractivity contribution in [3.63, 3.8) is 0 Å². The first-order valence-corrected chi connectivity index (χ1v) is 13.5. The van der Waals surface area contributed by atoms with Crippen LogP contribution in [0.1, 0.15) is 19.4 Å². The molecule has 0 aliphatic carbocycles. The van der Waals surface area contributed by atoms with Crippen LogP contribution in [-0.2, 0) is 14.2 Å². The number of thiol groups is 1. The molecule has 39 heavy (non-hydrogen) atoms. The predicted octanol–water partition coefficient (Wildman–Crippen LogP) is 2.87. The molecule has 4 atom stereocenters. The minimum atomic E-state index is -0.648. The minimum Gasteiger partial charge on any atom is -0.456 e. The number of benzene rings is 1. The molecule has 0 radical (unpaired) electrons. The van der Waals surface area contributed by atoms with Crippen molar-refractivity contribution in [1.82, 2.24) is 15.0 Å². The van der Waals surface area contributed by atoms with Crippen LogP contribution in [0.4, 0.5) is 11.5 Å². The number of aromatic nitrogens is 3. The Morgan fingerprint density at radius 2 is 1.95 bits per heavy atom. The van der Waals surface area contributed by atoms with E-state index in [0.717, 1.165) is 11.3 Å². The Morgan fingerprint density at radius 1 is 1.21 bits per heavy atom. The summed E-state index contributed by atoms with van der Waals surface area (Å²) in [6, 6.07) is 9.60. The summed E-state index contributed by atoms with van der Waals surface area (Å²) in [4.78, 5) is 12.0. The van der Waals surface area contributed by atoms with Crippen molar-refractivity contribution in [3.05, 3.63) is 40.9 Å². The summed E-state index contributed by atoms with van der Waals surface area (Å²) in [7, 11) is 1.65. The average molecular weight is 582 g/mol. The van der Waals surface area contributed by atoms with Crippen molar-refractivity contribution in [2.24, 2.45) is 5.14 Å². The molecular formula is C25H36ClN7O5S. The first kappa shape index (κ1) is 30.9. The van der Waals surface area contributed by atoms with E-state index in [1.165, 1.54) is 0 Å². The Hall–Kier alpha value is -2.65. The largest absolute Gasteiger partial charge is 0.456 e. The molecule has 2 aliphatic rings. The maximum atomic E-state index is 9.90. The summed E-state index contributed by atoms with van der Waals surface area (Å²) in [6.45, 7) is 5.96. The molecule has 7 N–H and O–H groups in total. The summed E-state index contributed by atoms with van der Waals surface area (Å²) in [5.41, 5.74) is 3.05. The van der Waals surface area contributed by atoms with Crippen LogP contribution in [-0.4, -0.2) is 90.2 Å². The molecular weight excluding hydrogens is 546 g/mol. The number of anilines is 2. The van der Waals surface area contributed by atoms with Gasteiger partial charge in [0.25, 0.3) is 6.01 Å². The number of aliphatic hydroxyl groups is 1. The molecule has 5 rings (SSSR count). The van der Waals surface area contributed by atoms with E-state index < -0.39 is 6.10 Å². The van der Waals surface area contributed by atoms with E-state index in [1.807, 2.05) is 38.1 Å². The highest BCUT2D eigenvalue weighted by Crippen LogP contribution is 2.31. The SMILES string of the molecule is CC.COCCNc1ccccc1C(=N)CNc1nc2nc(O[C@@H]3CO[C@H]4[C@@H]3OC[C@H]4O)[nH]c2cc1Cl.NS. The second kappa shape index (κ2) is 15.2. The molecule has 0 saturated carbocycles. The number of nitrogens with one attached hydrogen (secondary N) is 4. The van der Waals surface area contributed by atoms with E-state index in [-0.39, 0.29) is 37.5 Å². The topological polar surface area (TPSA) is 173 Å². The van der Waals surface area contributed by atoms with Crippen molar-refractivity contribution >= 4 is 52.8 Å². The van der Waals surface area contributed by atoms with E-state index in [2.05, 4.69) is 43.5 Å². The zero-order valence-electron chi connectivity index (χ0n) is 22.1. The van der Waals surface area contributed by atoms with Crippen molar-refractivity contribution in [2.45, 2.75) is 38.3 Å². The third-order valence-corrected chi connectivity index (χ3v) is 6.24. The lowest BCUT2D eigenvalue weighted by Gasteiger charge is -2.15. The number of para-hydroxylation sites is 1. The van der Waals surface area contributed by atoms with Crippen LogP contribution in [0.15, 0.2) is 30.3 Å². The Balaban J connectivity index is 0.00000100. The lowest BCUT2D eigenvalue weighted by atomic mass is 10.1. The van der Waals surface area contributed by atoms with Gasteiger partial charge in [-0.05, 0) is 12.1 Å². The number of nitrogens with two attached hydrogens (primary N) is 1. The lowest BCUT2D eigenvalue weighted by Crippen LogP contribution is -2.34. The quantitative estimate of drug-likeness (QED) is 0.107. The number of aliphatic hydroxyl groups excluding tert-OH is 1. The van der Waals surface area contributed by atoms with Gasteiger partial charge < -0.3 is 45.1 Å². The molecule has 2 saturated heterocycles. The summed E-state index contributed by atoms with van der Waals surface area (Å²) < 4.78 is 22.2. The van der Waals surface area contributed by atoms with E-state index >= 15 is 0 Å². The van der Waals surface area contributed by atoms with Crippen LogP contribution in [0.2, 0.25) is 5.02 Å². The van der Waals surface area contributed by atoms with Gasteiger partial charge in [-0.1, -0.05) is 43.6 Å². The number of H-pyrrole nitrogens is 1. The molecule has 2 fully saturated rings. The first-order valence-electron chi connectivity index (χ1n) is 12.6. The highest BCUT2D eigenvalue weighted by molar-refractivity contribution is 7.77. The van der Waals surface area contributed by atoms with Gasteiger partial charge in [-0.3, -0.25) is 5.14 Å². The number of hydrogen-bond acceptors (Lipinski definition) is 12. The second-order valence-corrected chi connectivity index (χ2v) is 8.76. The van der Waals surface area contributed by atoms with E-state index in [0.29, 0.717) is 47.5 Å². The average Bonchev–Trinajstić information content (AvgIpc) is 3.66. The summed E-state index contributed by atoms with van der Waals surface area (Å²) in [5.74, 6) is 0.415. The van der Waals surface area contributed by atoms with Gasteiger partial charge in [0.2, 0.25) is 0 Å². The van der Waals surface area contributed by atoms with Crippen molar-refractivity contribution in [2.75, 3.05) is 50.7 Å². The highest BCUT2D eigenvalue weighted by atomic mass is 35.5. The van der Waals surface area contributed by atoms with Crippen LogP contribution in [0, 0.1) is 5.41 Å². The molecule has 12 nitrogen and oxygen atoms in total. The predicted molar refractivity (Wildman–Crippen MR) is 155 cm³/mol. The molecule has 0 bridgehead atoms. The van der Waals surface area contributed by atoms with Crippen LogP contribution in [0.25, 0.3) is 11.2 Å². The monoisotopic (exact) mass is 581 g/mol. The van der Waals surface area contributed by atoms with Crippen LogP contribution in [0.3, 0.4) is 0 Å². The number of imidazole rings is 1. The maximum Gasteiger partial charge on any atom is 0.296 e. The van der Waals surface area contributed by atoms with Gasteiger partial charge in [-0.15, -0.1) is 12.8 Å². The number of ether oxygens (including phenoxy) is 4. The molecule has 2 aliphatic heterocycles. The highest BCUT2D eigenvalue weighted by Gasteiger charge is 2.48.